The number of fused-ring (bicyclic) bond motifs is 1. The predicted octanol–water partition coefficient (Wildman–Crippen LogP) is 4.16. The zero-order chi connectivity index (χ0) is 14.0. The van der Waals surface area contributed by atoms with Crippen molar-refractivity contribution in [1.82, 2.24) is 0 Å². The molecule has 1 unspecified atom stereocenters. The zero-order valence-electron chi connectivity index (χ0n) is 11.3. The standard InChI is InChI=1S/C18H17FO/c19-18(13-14-7-2-1-3-8-14)12-6-10-15-9-4-5-11-16(15)17(18)20/h1-5,7-9,11H,6,10,12-13H2. The molecule has 0 aliphatic heterocycles. The van der Waals surface area contributed by atoms with E-state index in [4.69, 9.17) is 0 Å². The maximum Gasteiger partial charge on any atom is 0.200 e. The van der Waals surface area contributed by atoms with E-state index in [0.29, 0.717) is 18.4 Å². The van der Waals surface area contributed by atoms with Gasteiger partial charge in [0, 0.05) is 12.0 Å². The van der Waals surface area contributed by atoms with Crippen molar-refractivity contribution in [2.45, 2.75) is 31.4 Å². The number of rotatable bonds is 2. The minimum Gasteiger partial charge on any atom is -0.291 e. The van der Waals surface area contributed by atoms with Gasteiger partial charge in [0.1, 0.15) is 0 Å². The number of ketones is 1. The molecule has 102 valence electrons. The molecule has 0 N–H and O–H groups in total. The number of aryl methyl sites for hydroxylation is 1. The van der Waals surface area contributed by atoms with Gasteiger partial charge >= 0.3 is 0 Å². The summed E-state index contributed by atoms with van der Waals surface area (Å²) in [5.41, 5.74) is 0.643. The molecular formula is C18H17FO. The van der Waals surface area contributed by atoms with E-state index < -0.39 is 5.67 Å². The Morgan fingerprint density at radius 1 is 1.00 bits per heavy atom. The van der Waals surface area contributed by atoms with Crippen LogP contribution in [0, 0.1) is 0 Å². The van der Waals surface area contributed by atoms with Crippen molar-refractivity contribution in [3.8, 4) is 0 Å². The molecule has 0 bridgehead atoms. The molecule has 0 radical (unpaired) electrons. The third-order valence-corrected chi connectivity index (χ3v) is 4.02. The Morgan fingerprint density at radius 3 is 2.50 bits per heavy atom. The number of hydrogen-bond donors (Lipinski definition) is 0. The van der Waals surface area contributed by atoms with Crippen LogP contribution < -0.4 is 0 Å². The first kappa shape index (κ1) is 13.0. The molecule has 1 aliphatic rings. The van der Waals surface area contributed by atoms with Gasteiger partial charge in [0.2, 0.25) is 5.78 Å². The number of carbonyl (C=O) groups excluding carboxylic acids is 1. The highest BCUT2D eigenvalue weighted by atomic mass is 19.1. The molecular weight excluding hydrogens is 251 g/mol. The van der Waals surface area contributed by atoms with Crippen LogP contribution in [0.2, 0.25) is 0 Å². The van der Waals surface area contributed by atoms with Gasteiger partial charge in [-0.15, -0.1) is 0 Å². The van der Waals surface area contributed by atoms with Gasteiger partial charge in [0.25, 0.3) is 0 Å². The molecule has 0 aromatic heterocycles. The Hall–Kier alpha value is -1.96. The topological polar surface area (TPSA) is 17.1 Å². The van der Waals surface area contributed by atoms with Crippen LogP contribution in [0.1, 0.15) is 34.3 Å². The van der Waals surface area contributed by atoms with Gasteiger partial charge in [-0.1, -0.05) is 54.6 Å². The van der Waals surface area contributed by atoms with E-state index in [2.05, 4.69) is 0 Å². The monoisotopic (exact) mass is 268 g/mol. The first-order chi connectivity index (χ1) is 9.69. The predicted molar refractivity (Wildman–Crippen MR) is 77.7 cm³/mol. The van der Waals surface area contributed by atoms with Gasteiger partial charge in [-0.3, -0.25) is 4.79 Å². The highest BCUT2D eigenvalue weighted by Crippen LogP contribution is 2.33. The van der Waals surface area contributed by atoms with Gasteiger partial charge < -0.3 is 0 Å². The molecule has 0 heterocycles. The Kier molecular flexibility index (Phi) is 3.39. The lowest BCUT2D eigenvalue weighted by molar-refractivity contribution is 0.0663. The van der Waals surface area contributed by atoms with Crippen molar-refractivity contribution in [2.24, 2.45) is 0 Å². The number of halogens is 1. The fourth-order valence-corrected chi connectivity index (χ4v) is 2.96. The average Bonchev–Trinajstić information content (AvgIpc) is 2.59. The molecule has 0 fully saturated rings. The van der Waals surface area contributed by atoms with Crippen molar-refractivity contribution in [2.75, 3.05) is 0 Å². The Balaban J connectivity index is 1.95. The molecule has 1 aliphatic carbocycles. The normalized spacial score (nSPS) is 22.1. The molecule has 0 saturated carbocycles. The van der Waals surface area contributed by atoms with Crippen LogP contribution in [0.4, 0.5) is 4.39 Å². The molecule has 3 rings (SSSR count). The largest absolute Gasteiger partial charge is 0.291 e. The van der Waals surface area contributed by atoms with E-state index in [9.17, 15) is 4.79 Å². The van der Waals surface area contributed by atoms with Crippen LogP contribution in [0.3, 0.4) is 0 Å². The number of Topliss-reactive ketones (excluding diaryl/α,β-unsaturated/α-hetero) is 1. The zero-order valence-corrected chi connectivity index (χ0v) is 11.3. The molecule has 20 heavy (non-hydrogen) atoms. The Bertz CT molecular complexity index is 620. The Labute approximate surface area is 118 Å². The third kappa shape index (κ3) is 2.38. The fraction of sp³-hybridized carbons (Fsp3) is 0.278. The molecule has 0 amide bonds. The van der Waals surface area contributed by atoms with Crippen LogP contribution in [0.5, 0.6) is 0 Å². The van der Waals surface area contributed by atoms with Gasteiger partial charge in [-0.05, 0) is 30.4 Å². The Morgan fingerprint density at radius 2 is 1.70 bits per heavy atom. The highest BCUT2D eigenvalue weighted by Gasteiger charge is 2.41. The second-order valence-electron chi connectivity index (χ2n) is 5.47. The van der Waals surface area contributed by atoms with Crippen molar-refractivity contribution < 1.29 is 9.18 Å². The minimum absolute atomic E-state index is 0.168. The number of benzene rings is 2. The van der Waals surface area contributed by atoms with Crippen LogP contribution in [-0.4, -0.2) is 11.5 Å². The minimum atomic E-state index is -1.77. The quantitative estimate of drug-likeness (QED) is 0.748. The third-order valence-electron chi connectivity index (χ3n) is 4.02. The second-order valence-corrected chi connectivity index (χ2v) is 5.47. The number of carbonyl (C=O) groups is 1. The molecule has 0 spiro atoms. The van der Waals surface area contributed by atoms with Gasteiger partial charge in [-0.25, -0.2) is 4.39 Å². The lowest BCUT2D eigenvalue weighted by Crippen LogP contribution is -2.35. The molecule has 1 atom stereocenters. The summed E-state index contributed by atoms with van der Waals surface area (Å²) < 4.78 is 15.2. The van der Waals surface area contributed by atoms with E-state index in [0.717, 1.165) is 17.5 Å². The molecule has 2 heteroatoms. The summed E-state index contributed by atoms with van der Waals surface area (Å²) in [5.74, 6) is -0.352. The van der Waals surface area contributed by atoms with Crippen molar-refractivity contribution >= 4 is 5.78 Å². The summed E-state index contributed by atoms with van der Waals surface area (Å²) in [4.78, 5) is 12.6. The van der Waals surface area contributed by atoms with Gasteiger partial charge in [0.05, 0.1) is 0 Å². The maximum absolute atomic E-state index is 15.2. The molecule has 0 saturated heterocycles. The first-order valence-corrected chi connectivity index (χ1v) is 7.05. The SMILES string of the molecule is O=C1c2ccccc2CCCC1(F)Cc1ccccc1. The lowest BCUT2D eigenvalue weighted by Gasteiger charge is -2.22. The summed E-state index contributed by atoms with van der Waals surface area (Å²) in [6.45, 7) is 0. The van der Waals surface area contributed by atoms with Gasteiger partial charge in [0.15, 0.2) is 5.67 Å². The van der Waals surface area contributed by atoms with Crippen molar-refractivity contribution in [1.29, 1.82) is 0 Å². The first-order valence-electron chi connectivity index (χ1n) is 7.05. The number of alkyl halides is 1. The van der Waals surface area contributed by atoms with Crippen LogP contribution in [-0.2, 0) is 12.8 Å². The second kappa shape index (κ2) is 5.20. The van der Waals surface area contributed by atoms with Crippen molar-refractivity contribution in [3.63, 3.8) is 0 Å². The fourth-order valence-electron chi connectivity index (χ4n) is 2.96. The van der Waals surface area contributed by atoms with Crippen LogP contribution in [0.15, 0.2) is 54.6 Å². The van der Waals surface area contributed by atoms with Gasteiger partial charge in [-0.2, -0.15) is 0 Å². The molecule has 1 nitrogen and oxygen atoms in total. The van der Waals surface area contributed by atoms with E-state index in [1.165, 1.54) is 0 Å². The number of hydrogen-bond acceptors (Lipinski definition) is 1. The lowest BCUT2D eigenvalue weighted by atomic mass is 9.86. The van der Waals surface area contributed by atoms with E-state index in [1.54, 1.807) is 6.07 Å². The van der Waals surface area contributed by atoms with Crippen LogP contribution in [0.25, 0.3) is 0 Å². The highest BCUT2D eigenvalue weighted by molar-refractivity contribution is 6.04. The van der Waals surface area contributed by atoms with E-state index in [-0.39, 0.29) is 12.2 Å². The van der Waals surface area contributed by atoms with Crippen molar-refractivity contribution in [3.05, 3.63) is 71.3 Å². The molecule has 2 aromatic rings. The maximum atomic E-state index is 15.2. The van der Waals surface area contributed by atoms with E-state index in [1.807, 2.05) is 48.5 Å². The summed E-state index contributed by atoms with van der Waals surface area (Å²) in [7, 11) is 0. The summed E-state index contributed by atoms with van der Waals surface area (Å²) in [6.07, 6.45) is 1.96. The van der Waals surface area contributed by atoms with E-state index >= 15 is 4.39 Å². The smallest absolute Gasteiger partial charge is 0.200 e. The summed E-state index contributed by atoms with van der Waals surface area (Å²) in [6, 6.07) is 16.8. The summed E-state index contributed by atoms with van der Waals surface area (Å²) >= 11 is 0. The van der Waals surface area contributed by atoms with Crippen LogP contribution >= 0.6 is 0 Å². The average molecular weight is 268 g/mol. The summed E-state index contributed by atoms with van der Waals surface area (Å²) in [5, 5.41) is 0. The molecule has 2 aromatic carbocycles.